The first-order valence-corrected chi connectivity index (χ1v) is 33.8. The molecule has 1 amide bonds. The van der Waals surface area contributed by atoms with Crippen LogP contribution in [0.15, 0.2) is 85.1 Å². The number of aliphatic hydroxyl groups is 5. The summed E-state index contributed by atoms with van der Waals surface area (Å²) in [5.74, 6) is -0.150. The SMILES string of the molecule is CC/C=C\C/C=C\C/C=C\C/C=C\C/C=C\C/C=C\C/C=C\CCCCCCCCCCCC(=O)NC(COC1OC(CO)C(O)C(O)C1O)C(O)CCCCCCCCCCCCCCCCCCCCCCCCCCCC. The highest BCUT2D eigenvalue weighted by molar-refractivity contribution is 5.76. The van der Waals surface area contributed by atoms with Gasteiger partial charge in [0.25, 0.3) is 0 Å². The fraction of sp³-hybridized carbons (Fsp3) is 0.789. The van der Waals surface area contributed by atoms with Crippen molar-refractivity contribution in [3.8, 4) is 0 Å². The number of rotatable bonds is 58. The number of amides is 1. The molecule has 0 spiro atoms. The van der Waals surface area contributed by atoms with Gasteiger partial charge in [0, 0.05) is 6.42 Å². The second kappa shape index (κ2) is 59.5. The summed E-state index contributed by atoms with van der Waals surface area (Å²) in [7, 11) is 0. The Kier molecular flexibility index (Phi) is 56.1. The Balaban J connectivity index is 2.16. The van der Waals surface area contributed by atoms with Crippen LogP contribution in [0, 0.1) is 0 Å². The molecule has 80 heavy (non-hydrogen) atoms. The van der Waals surface area contributed by atoms with Crippen molar-refractivity contribution in [1.29, 1.82) is 0 Å². The van der Waals surface area contributed by atoms with E-state index >= 15 is 0 Å². The fourth-order valence-electron chi connectivity index (χ4n) is 10.5. The van der Waals surface area contributed by atoms with Crippen LogP contribution in [0.25, 0.3) is 0 Å². The maximum absolute atomic E-state index is 13.1. The zero-order valence-electron chi connectivity index (χ0n) is 51.8. The Labute approximate surface area is 492 Å². The molecule has 9 heteroatoms. The molecule has 6 N–H and O–H groups in total. The Morgan fingerprint density at radius 1 is 0.438 bits per heavy atom. The predicted molar refractivity (Wildman–Crippen MR) is 341 cm³/mol. The summed E-state index contributed by atoms with van der Waals surface area (Å²) < 4.78 is 11.4. The Morgan fingerprint density at radius 2 is 0.775 bits per heavy atom. The third-order valence-electron chi connectivity index (χ3n) is 15.8. The molecule has 464 valence electrons. The molecular formula is C71H127NO8. The normalized spacial score (nSPS) is 19.0. The molecule has 1 saturated heterocycles. The van der Waals surface area contributed by atoms with E-state index in [0.29, 0.717) is 12.8 Å². The third kappa shape index (κ3) is 47.8. The second-order valence-corrected chi connectivity index (χ2v) is 23.2. The van der Waals surface area contributed by atoms with Gasteiger partial charge in [-0.1, -0.05) is 311 Å². The first kappa shape index (κ1) is 75.4. The molecular weight excluding hydrogens is 995 g/mol. The van der Waals surface area contributed by atoms with Gasteiger partial charge in [0.05, 0.1) is 25.4 Å². The molecule has 1 fully saturated rings. The van der Waals surface area contributed by atoms with Crippen molar-refractivity contribution in [1.82, 2.24) is 5.32 Å². The summed E-state index contributed by atoms with van der Waals surface area (Å²) in [6, 6.07) is -0.729. The van der Waals surface area contributed by atoms with Crippen LogP contribution in [0.3, 0.4) is 0 Å². The molecule has 0 aromatic rings. The van der Waals surface area contributed by atoms with Crippen LogP contribution in [0.4, 0.5) is 0 Å². The molecule has 0 bridgehead atoms. The van der Waals surface area contributed by atoms with Gasteiger partial charge < -0.3 is 40.3 Å². The van der Waals surface area contributed by atoms with Gasteiger partial charge in [-0.15, -0.1) is 0 Å². The largest absolute Gasteiger partial charge is 0.394 e. The van der Waals surface area contributed by atoms with Crippen molar-refractivity contribution >= 4 is 5.91 Å². The fourth-order valence-corrected chi connectivity index (χ4v) is 10.5. The van der Waals surface area contributed by atoms with Gasteiger partial charge in [-0.2, -0.15) is 0 Å². The number of nitrogens with one attached hydrogen (secondary N) is 1. The summed E-state index contributed by atoms with van der Waals surface area (Å²) in [5, 5.41) is 54.9. The number of aliphatic hydroxyl groups excluding tert-OH is 5. The number of hydrogen-bond donors (Lipinski definition) is 6. The summed E-state index contributed by atoms with van der Waals surface area (Å²) in [6.07, 6.45) is 77.7. The van der Waals surface area contributed by atoms with Gasteiger partial charge in [0.2, 0.25) is 5.91 Å². The minimum atomic E-state index is -1.56. The molecule has 1 aliphatic heterocycles. The Hall–Kier alpha value is -2.63. The number of ether oxygens (including phenoxy) is 2. The van der Waals surface area contributed by atoms with E-state index in [9.17, 15) is 30.3 Å². The summed E-state index contributed by atoms with van der Waals surface area (Å²) >= 11 is 0. The highest BCUT2D eigenvalue weighted by Gasteiger charge is 2.44. The second-order valence-electron chi connectivity index (χ2n) is 23.2. The third-order valence-corrected chi connectivity index (χ3v) is 15.8. The van der Waals surface area contributed by atoms with Crippen LogP contribution in [0.5, 0.6) is 0 Å². The minimum absolute atomic E-state index is 0.143. The Morgan fingerprint density at radius 3 is 1.15 bits per heavy atom. The zero-order valence-corrected chi connectivity index (χ0v) is 51.8. The van der Waals surface area contributed by atoms with Gasteiger partial charge in [-0.05, 0) is 70.6 Å². The number of carbonyl (C=O) groups is 1. The van der Waals surface area contributed by atoms with E-state index in [1.54, 1.807) is 0 Å². The van der Waals surface area contributed by atoms with E-state index in [1.165, 1.54) is 186 Å². The zero-order chi connectivity index (χ0) is 57.9. The van der Waals surface area contributed by atoms with Gasteiger partial charge in [0.15, 0.2) is 6.29 Å². The molecule has 1 rings (SSSR count). The first-order chi connectivity index (χ1) is 39.3. The van der Waals surface area contributed by atoms with Crippen molar-refractivity contribution in [2.75, 3.05) is 13.2 Å². The van der Waals surface area contributed by atoms with E-state index in [1.807, 2.05) is 0 Å². The van der Waals surface area contributed by atoms with Crippen molar-refractivity contribution in [3.05, 3.63) is 85.1 Å². The minimum Gasteiger partial charge on any atom is -0.394 e. The van der Waals surface area contributed by atoms with Crippen molar-refractivity contribution in [2.24, 2.45) is 0 Å². The molecule has 9 nitrogen and oxygen atoms in total. The summed E-state index contributed by atoms with van der Waals surface area (Å²) in [6.45, 7) is 3.75. The molecule has 7 unspecified atom stereocenters. The van der Waals surface area contributed by atoms with E-state index < -0.39 is 49.5 Å². The number of hydrogen-bond acceptors (Lipinski definition) is 8. The monoisotopic (exact) mass is 1120 g/mol. The highest BCUT2D eigenvalue weighted by Crippen LogP contribution is 2.23. The lowest BCUT2D eigenvalue weighted by molar-refractivity contribution is -0.302. The molecule has 0 aromatic carbocycles. The lowest BCUT2D eigenvalue weighted by atomic mass is 9.99. The lowest BCUT2D eigenvalue weighted by Gasteiger charge is -2.40. The quantitative estimate of drug-likeness (QED) is 0.0261. The summed E-state index contributed by atoms with van der Waals surface area (Å²) in [4.78, 5) is 13.1. The molecule has 7 atom stereocenters. The standard InChI is InChI=1S/C71H127NO8/c1-3-5-7-9-11-13-15-17-19-21-23-25-27-29-31-32-33-34-35-37-39-41-43-45-47-49-51-53-55-57-59-61-67(75)72-64(63-79-71-70(78)69(77)68(76)66(62-73)80-71)65(74)60-58-56-54-52-50-48-46-44-42-40-38-36-30-28-26-24-22-20-18-16-14-12-10-8-6-4-2/h5,7,11,13,17,19,23,25,29,31,33-34,37,39,64-66,68-71,73-74,76-78H,3-4,6,8-10,12,14-16,18,20-22,24,26-28,30,32,35-36,38,40-63H2,1-2H3,(H,72,75)/b7-5-,13-11-,19-17-,25-23-,31-29-,34-33-,39-37-. The first-order valence-electron chi connectivity index (χ1n) is 33.8. The van der Waals surface area contributed by atoms with Crippen LogP contribution >= 0.6 is 0 Å². The van der Waals surface area contributed by atoms with E-state index in [4.69, 9.17) is 9.47 Å². The van der Waals surface area contributed by atoms with Crippen LogP contribution in [0.1, 0.15) is 303 Å². The number of unbranched alkanes of at least 4 members (excludes halogenated alkanes) is 34. The maximum atomic E-state index is 13.1. The van der Waals surface area contributed by atoms with E-state index in [0.717, 1.165) is 89.9 Å². The molecule has 0 aliphatic carbocycles. The molecule has 1 aliphatic rings. The lowest BCUT2D eigenvalue weighted by Crippen LogP contribution is -2.60. The van der Waals surface area contributed by atoms with Crippen LogP contribution in [-0.2, 0) is 14.3 Å². The van der Waals surface area contributed by atoms with Crippen molar-refractivity contribution in [3.63, 3.8) is 0 Å². The van der Waals surface area contributed by atoms with Gasteiger partial charge in [0.1, 0.15) is 24.4 Å². The average molecular weight is 1120 g/mol. The maximum Gasteiger partial charge on any atom is 0.220 e. The number of allylic oxidation sites excluding steroid dienone is 14. The van der Waals surface area contributed by atoms with E-state index in [-0.39, 0.29) is 12.5 Å². The van der Waals surface area contributed by atoms with Crippen molar-refractivity contribution < 1.29 is 39.8 Å². The average Bonchev–Trinajstić information content (AvgIpc) is 3.46. The molecule has 1 heterocycles. The topological polar surface area (TPSA) is 149 Å². The molecule has 0 saturated carbocycles. The molecule has 0 aromatic heterocycles. The summed E-state index contributed by atoms with van der Waals surface area (Å²) in [5.41, 5.74) is 0. The van der Waals surface area contributed by atoms with Gasteiger partial charge in [-0.25, -0.2) is 0 Å². The van der Waals surface area contributed by atoms with Crippen molar-refractivity contribution in [2.45, 2.75) is 346 Å². The van der Waals surface area contributed by atoms with Crippen LogP contribution in [0.2, 0.25) is 0 Å². The predicted octanol–water partition coefficient (Wildman–Crippen LogP) is 18.1. The highest BCUT2D eigenvalue weighted by atomic mass is 16.7. The van der Waals surface area contributed by atoms with Crippen LogP contribution in [-0.4, -0.2) is 87.5 Å². The van der Waals surface area contributed by atoms with Crippen LogP contribution < -0.4 is 5.32 Å². The van der Waals surface area contributed by atoms with Gasteiger partial charge in [-0.3, -0.25) is 4.79 Å². The number of carbonyl (C=O) groups excluding carboxylic acids is 1. The van der Waals surface area contributed by atoms with Gasteiger partial charge >= 0.3 is 0 Å². The molecule has 0 radical (unpaired) electrons. The Bertz CT molecular complexity index is 1540. The smallest absolute Gasteiger partial charge is 0.220 e. The van der Waals surface area contributed by atoms with E-state index in [2.05, 4.69) is 104 Å².